The molecular formula is C14H26N2O2S. The van der Waals surface area contributed by atoms with E-state index in [1.54, 1.807) is 0 Å². The summed E-state index contributed by atoms with van der Waals surface area (Å²) in [6.07, 6.45) is 4.39. The number of hydrogen-bond donors (Lipinski definition) is 2. The van der Waals surface area contributed by atoms with Crippen molar-refractivity contribution in [1.29, 1.82) is 0 Å². The molecule has 4 nitrogen and oxygen atoms in total. The summed E-state index contributed by atoms with van der Waals surface area (Å²) >= 11 is 1.96. The molecule has 0 spiro atoms. The van der Waals surface area contributed by atoms with Crippen molar-refractivity contribution >= 4 is 17.7 Å². The van der Waals surface area contributed by atoms with Crippen molar-refractivity contribution in [3.63, 3.8) is 0 Å². The summed E-state index contributed by atoms with van der Waals surface area (Å²) in [5.41, 5.74) is 0. The third-order valence-corrected chi connectivity index (χ3v) is 5.39. The van der Waals surface area contributed by atoms with Crippen molar-refractivity contribution in [1.82, 2.24) is 10.2 Å². The summed E-state index contributed by atoms with van der Waals surface area (Å²) in [5, 5.41) is 12.6. The zero-order valence-electron chi connectivity index (χ0n) is 11.8. The second kappa shape index (κ2) is 7.50. The number of nitrogens with zero attached hydrogens (tertiary/aromatic N) is 1. The third kappa shape index (κ3) is 4.10. The molecule has 1 aliphatic heterocycles. The molecule has 1 saturated heterocycles. The van der Waals surface area contributed by atoms with Crippen LogP contribution in [0.15, 0.2) is 0 Å². The molecule has 1 amide bonds. The Labute approximate surface area is 120 Å². The van der Waals surface area contributed by atoms with Gasteiger partial charge in [0.05, 0.1) is 6.04 Å². The lowest BCUT2D eigenvalue weighted by Gasteiger charge is -2.35. The summed E-state index contributed by atoms with van der Waals surface area (Å²) in [6.45, 7) is 4.21. The minimum atomic E-state index is -0.0397. The molecule has 0 radical (unpaired) electrons. The van der Waals surface area contributed by atoms with Gasteiger partial charge in [-0.1, -0.05) is 12.8 Å². The second-order valence-corrected chi connectivity index (χ2v) is 6.89. The highest BCUT2D eigenvalue weighted by molar-refractivity contribution is 7.99. The Morgan fingerprint density at radius 1 is 1.37 bits per heavy atom. The van der Waals surface area contributed by atoms with Crippen LogP contribution in [0.2, 0.25) is 0 Å². The number of nitrogens with one attached hydrogen (secondary N) is 1. The lowest BCUT2D eigenvalue weighted by Crippen LogP contribution is -2.52. The second-order valence-electron chi connectivity index (χ2n) is 5.67. The minimum absolute atomic E-state index is 0.0397. The smallest absolute Gasteiger partial charge is 0.237 e. The van der Waals surface area contributed by atoms with Crippen LogP contribution in [0.1, 0.15) is 32.6 Å². The van der Waals surface area contributed by atoms with E-state index in [9.17, 15) is 9.90 Å². The molecule has 2 rings (SSSR count). The Bertz CT molecular complexity index is 295. The number of carbonyl (C=O) groups is 1. The zero-order valence-corrected chi connectivity index (χ0v) is 12.6. The summed E-state index contributed by atoms with van der Waals surface area (Å²) in [4.78, 5) is 14.6. The summed E-state index contributed by atoms with van der Waals surface area (Å²) < 4.78 is 0. The van der Waals surface area contributed by atoms with E-state index in [0.29, 0.717) is 0 Å². The monoisotopic (exact) mass is 286 g/mol. The van der Waals surface area contributed by atoms with E-state index in [4.69, 9.17) is 0 Å². The van der Waals surface area contributed by atoms with Gasteiger partial charge in [0.2, 0.25) is 5.91 Å². The largest absolute Gasteiger partial charge is 0.396 e. The Morgan fingerprint density at radius 2 is 2.05 bits per heavy atom. The maximum absolute atomic E-state index is 12.3. The first-order valence-corrected chi connectivity index (χ1v) is 8.61. The molecule has 3 atom stereocenters. The quantitative estimate of drug-likeness (QED) is 0.812. The minimum Gasteiger partial charge on any atom is -0.396 e. The summed E-state index contributed by atoms with van der Waals surface area (Å²) in [6, 6.07) is 0.134. The van der Waals surface area contributed by atoms with Gasteiger partial charge < -0.3 is 10.4 Å². The van der Waals surface area contributed by atoms with Gasteiger partial charge in [0.15, 0.2) is 0 Å². The maximum atomic E-state index is 12.3. The first-order chi connectivity index (χ1) is 9.22. The lowest BCUT2D eigenvalue weighted by molar-refractivity contribution is -0.127. The van der Waals surface area contributed by atoms with E-state index in [2.05, 4.69) is 10.2 Å². The standard InChI is InChI=1S/C14H26N2O2S/c1-11(16-6-8-19-9-7-16)14(18)15-13-5-3-2-4-12(13)10-17/h11-13,17H,2-10H2,1H3,(H,15,18). The van der Waals surface area contributed by atoms with E-state index >= 15 is 0 Å². The molecule has 3 unspecified atom stereocenters. The molecule has 1 heterocycles. The van der Waals surface area contributed by atoms with Crippen LogP contribution in [0.4, 0.5) is 0 Å². The van der Waals surface area contributed by atoms with Gasteiger partial charge in [0, 0.05) is 43.2 Å². The predicted octanol–water partition coefficient (Wildman–Crippen LogP) is 1.09. The average Bonchev–Trinajstić information content (AvgIpc) is 2.48. The van der Waals surface area contributed by atoms with Crippen molar-refractivity contribution < 1.29 is 9.90 Å². The van der Waals surface area contributed by atoms with Gasteiger partial charge in [-0.05, 0) is 19.8 Å². The molecule has 2 aliphatic rings. The van der Waals surface area contributed by atoms with Crippen LogP contribution >= 0.6 is 11.8 Å². The van der Waals surface area contributed by atoms with Crippen LogP contribution in [0.5, 0.6) is 0 Å². The molecule has 5 heteroatoms. The molecule has 1 aliphatic carbocycles. The highest BCUT2D eigenvalue weighted by atomic mass is 32.2. The van der Waals surface area contributed by atoms with E-state index in [1.165, 1.54) is 6.42 Å². The van der Waals surface area contributed by atoms with Crippen LogP contribution in [-0.2, 0) is 4.79 Å². The Morgan fingerprint density at radius 3 is 2.74 bits per heavy atom. The first kappa shape index (κ1) is 15.1. The van der Waals surface area contributed by atoms with Gasteiger partial charge in [0.1, 0.15) is 0 Å². The first-order valence-electron chi connectivity index (χ1n) is 7.45. The molecule has 0 aromatic rings. The van der Waals surface area contributed by atoms with Crippen molar-refractivity contribution in [3.8, 4) is 0 Å². The highest BCUT2D eigenvalue weighted by Crippen LogP contribution is 2.24. The number of carbonyl (C=O) groups excluding carboxylic acids is 1. The summed E-state index contributed by atoms with van der Waals surface area (Å²) in [7, 11) is 0. The number of aliphatic hydroxyl groups is 1. The predicted molar refractivity (Wildman–Crippen MR) is 79.3 cm³/mol. The molecule has 19 heavy (non-hydrogen) atoms. The number of aliphatic hydroxyl groups excluding tert-OH is 1. The van der Waals surface area contributed by atoms with Crippen molar-refractivity contribution in [2.24, 2.45) is 5.92 Å². The van der Waals surface area contributed by atoms with Crippen LogP contribution in [0, 0.1) is 5.92 Å². The lowest BCUT2D eigenvalue weighted by atomic mass is 9.85. The Balaban J connectivity index is 1.84. The highest BCUT2D eigenvalue weighted by Gasteiger charge is 2.29. The van der Waals surface area contributed by atoms with Crippen molar-refractivity contribution in [2.45, 2.75) is 44.7 Å². The third-order valence-electron chi connectivity index (χ3n) is 4.44. The van der Waals surface area contributed by atoms with Crippen LogP contribution in [0.25, 0.3) is 0 Å². The molecule has 2 N–H and O–H groups in total. The van der Waals surface area contributed by atoms with Crippen LogP contribution in [0.3, 0.4) is 0 Å². The number of amides is 1. The van der Waals surface area contributed by atoms with Gasteiger partial charge in [0.25, 0.3) is 0 Å². The van der Waals surface area contributed by atoms with Gasteiger partial charge in [-0.3, -0.25) is 9.69 Å². The van der Waals surface area contributed by atoms with Gasteiger partial charge >= 0.3 is 0 Å². The Hall–Kier alpha value is -0.260. The molecule has 110 valence electrons. The molecule has 2 fully saturated rings. The normalized spacial score (nSPS) is 30.8. The Kier molecular flexibility index (Phi) is 5.98. The molecule has 0 aromatic heterocycles. The van der Waals surface area contributed by atoms with E-state index in [0.717, 1.165) is 43.9 Å². The zero-order chi connectivity index (χ0) is 13.7. The number of hydrogen-bond acceptors (Lipinski definition) is 4. The van der Waals surface area contributed by atoms with Gasteiger partial charge in [-0.15, -0.1) is 0 Å². The van der Waals surface area contributed by atoms with Crippen molar-refractivity contribution in [3.05, 3.63) is 0 Å². The van der Waals surface area contributed by atoms with E-state index in [1.807, 2.05) is 18.7 Å². The fourth-order valence-corrected chi connectivity index (χ4v) is 3.98. The molecular weight excluding hydrogens is 260 g/mol. The molecule has 1 saturated carbocycles. The summed E-state index contributed by atoms with van der Waals surface area (Å²) in [5.74, 6) is 2.64. The van der Waals surface area contributed by atoms with Crippen LogP contribution in [-0.4, -0.2) is 59.2 Å². The topological polar surface area (TPSA) is 52.6 Å². The average molecular weight is 286 g/mol. The SMILES string of the molecule is CC(C(=O)NC1CCCCC1CO)N1CCSCC1. The van der Waals surface area contributed by atoms with Gasteiger partial charge in [-0.2, -0.15) is 11.8 Å². The van der Waals surface area contributed by atoms with Crippen molar-refractivity contribution in [2.75, 3.05) is 31.2 Å². The molecule has 0 bridgehead atoms. The van der Waals surface area contributed by atoms with Gasteiger partial charge in [-0.25, -0.2) is 0 Å². The van der Waals surface area contributed by atoms with Crippen LogP contribution < -0.4 is 5.32 Å². The maximum Gasteiger partial charge on any atom is 0.237 e. The molecule has 0 aromatic carbocycles. The number of rotatable bonds is 4. The van der Waals surface area contributed by atoms with E-state index in [-0.39, 0.29) is 30.5 Å². The fraction of sp³-hybridized carbons (Fsp3) is 0.929. The van der Waals surface area contributed by atoms with E-state index < -0.39 is 0 Å². The number of thioether (sulfide) groups is 1. The fourth-order valence-electron chi connectivity index (χ4n) is 3.05.